The molecule has 0 atom stereocenters. The molecule has 4 N–H and O–H groups in total. The summed E-state index contributed by atoms with van der Waals surface area (Å²) in [4.78, 5) is 0. The predicted molar refractivity (Wildman–Crippen MR) is 98.2 cm³/mol. The first-order valence-corrected chi connectivity index (χ1v) is 7.78. The Morgan fingerprint density at radius 2 is 1.39 bits per heavy atom. The van der Waals surface area contributed by atoms with E-state index in [1.807, 2.05) is 24.3 Å². The topological polar surface area (TPSA) is 39.7 Å². The van der Waals surface area contributed by atoms with Crippen molar-refractivity contribution in [3.8, 4) is 0 Å². The molecule has 3 rings (SSSR count). The Labute approximate surface area is 137 Å². The van der Waals surface area contributed by atoms with Gasteiger partial charge in [-0.15, -0.1) is 0 Å². The first-order valence-electron chi connectivity index (χ1n) is 7.78. The second kappa shape index (κ2) is 7.43. The Hall–Kier alpha value is -2.84. The van der Waals surface area contributed by atoms with E-state index in [0.717, 1.165) is 17.9 Å². The van der Waals surface area contributed by atoms with Crippen LogP contribution in [0, 0.1) is 0 Å². The van der Waals surface area contributed by atoms with E-state index in [2.05, 4.69) is 77.8 Å². The van der Waals surface area contributed by atoms with Crippen LogP contribution in [-0.4, -0.2) is 6.54 Å². The van der Waals surface area contributed by atoms with Gasteiger partial charge in [0.05, 0.1) is 0 Å². The second-order valence-corrected chi connectivity index (χ2v) is 5.50. The fourth-order valence-corrected chi connectivity index (χ4v) is 2.46. The van der Waals surface area contributed by atoms with Crippen molar-refractivity contribution in [1.82, 2.24) is 0 Å². The molecular formula is C21H21N2+. The third-order valence-electron chi connectivity index (χ3n) is 3.72. The lowest BCUT2D eigenvalue weighted by Gasteiger charge is -2.11. The van der Waals surface area contributed by atoms with Crippen molar-refractivity contribution in [2.24, 2.45) is 0 Å². The SMILES string of the molecule is [NH3+]c1ccc(NC/C(=C/c2ccccc2)c2ccccc2)cc1. The Bertz CT molecular complexity index is 760. The Morgan fingerprint density at radius 3 is 2.04 bits per heavy atom. The summed E-state index contributed by atoms with van der Waals surface area (Å²) in [5.41, 5.74) is 9.75. The molecule has 0 fully saturated rings. The summed E-state index contributed by atoms with van der Waals surface area (Å²) in [5.74, 6) is 0. The van der Waals surface area contributed by atoms with Crippen LogP contribution in [0.4, 0.5) is 11.4 Å². The van der Waals surface area contributed by atoms with Gasteiger partial charge in [-0.1, -0.05) is 60.7 Å². The number of quaternary nitrogens is 1. The lowest BCUT2D eigenvalue weighted by molar-refractivity contribution is -0.254. The summed E-state index contributed by atoms with van der Waals surface area (Å²) < 4.78 is 0. The lowest BCUT2D eigenvalue weighted by Crippen LogP contribution is -2.39. The minimum absolute atomic E-state index is 0.773. The minimum Gasteiger partial charge on any atom is -0.381 e. The first kappa shape index (κ1) is 15.1. The molecule has 0 aliphatic carbocycles. The number of benzene rings is 3. The molecular weight excluding hydrogens is 280 g/mol. The highest BCUT2D eigenvalue weighted by Gasteiger charge is 2.02. The molecule has 0 radical (unpaired) electrons. The zero-order valence-electron chi connectivity index (χ0n) is 13.1. The van der Waals surface area contributed by atoms with Gasteiger partial charge in [-0.3, -0.25) is 0 Å². The maximum Gasteiger partial charge on any atom is 0.128 e. The van der Waals surface area contributed by atoms with Crippen molar-refractivity contribution in [3.05, 3.63) is 96.1 Å². The molecule has 0 saturated carbocycles. The van der Waals surface area contributed by atoms with Crippen LogP contribution >= 0.6 is 0 Å². The number of rotatable bonds is 5. The lowest BCUT2D eigenvalue weighted by atomic mass is 10.0. The van der Waals surface area contributed by atoms with Gasteiger partial charge in [0.15, 0.2) is 0 Å². The number of hydrogen-bond donors (Lipinski definition) is 2. The Balaban J connectivity index is 1.84. The summed E-state index contributed by atoms with van der Waals surface area (Å²) in [6, 6.07) is 29.1. The molecule has 0 amide bonds. The van der Waals surface area contributed by atoms with Crippen molar-refractivity contribution in [3.63, 3.8) is 0 Å². The summed E-state index contributed by atoms with van der Waals surface area (Å²) in [7, 11) is 0. The van der Waals surface area contributed by atoms with Crippen LogP contribution in [0.15, 0.2) is 84.9 Å². The third-order valence-corrected chi connectivity index (χ3v) is 3.72. The molecule has 0 heterocycles. The maximum absolute atomic E-state index is 3.92. The van der Waals surface area contributed by atoms with Gasteiger partial charge in [0.25, 0.3) is 0 Å². The molecule has 0 saturated heterocycles. The standard InChI is InChI=1S/C21H20N2/c22-20-11-13-21(14-12-20)23-16-19(18-9-5-2-6-10-18)15-17-7-3-1-4-8-17/h1-15,23H,16,22H2/p+1/b19-15-. The molecule has 0 aromatic heterocycles. The molecule has 0 aliphatic heterocycles. The van der Waals surface area contributed by atoms with Gasteiger partial charge in [0, 0.05) is 24.4 Å². The van der Waals surface area contributed by atoms with Crippen LogP contribution in [0.1, 0.15) is 11.1 Å². The molecule has 3 aromatic carbocycles. The summed E-state index contributed by atoms with van der Waals surface area (Å²) in [6.07, 6.45) is 2.23. The van der Waals surface area contributed by atoms with Gasteiger partial charge in [-0.25, -0.2) is 0 Å². The van der Waals surface area contributed by atoms with Crippen LogP contribution in [0.5, 0.6) is 0 Å². The van der Waals surface area contributed by atoms with Crippen molar-refractivity contribution in [1.29, 1.82) is 0 Å². The van der Waals surface area contributed by atoms with E-state index in [4.69, 9.17) is 0 Å². The second-order valence-electron chi connectivity index (χ2n) is 5.50. The van der Waals surface area contributed by atoms with Crippen LogP contribution < -0.4 is 11.1 Å². The average molecular weight is 301 g/mol. The van der Waals surface area contributed by atoms with Crippen LogP contribution in [0.25, 0.3) is 11.6 Å². The van der Waals surface area contributed by atoms with Gasteiger partial charge < -0.3 is 11.1 Å². The van der Waals surface area contributed by atoms with Crippen molar-refractivity contribution in [2.45, 2.75) is 0 Å². The van der Waals surface area contributed by atoms with E-state index in [1.165, 1.54) is 16.7 Å². The molecule has 2 heteroatoms. The van der Waals surface area contributed by atoms with E-state index in [0.29, 0.717) is 0 Å². The smallest absolute Gasteiger partial charge is 0.128 e. The molecule has 114 valence electrons. The molecule has 0 bridgehead atoms. The molecule has 0 aliphatic rings. The highest BCUT2D eigenvalue weighted by molar-refractivity contribution is 5.83. The average Bonchev–Trinajstić information content (AvgIpc) is 2.61. The molecule has 0 spiro atoms. The quantitative estimate of drug-likeness (QED) is 0.681. The fraction of sp³-hybridized carbons (Fsp3) is 0.0476. The maximum atomic E-state index is 3.92. The normalized spacial score (nSPS) is 11.3. The Kier molecular flexibility index (Phi) is 4.87. The van der Waals surface area contributed by atoms with E-state index < -0.39 is 0 Å². The largest absolute Gasteiger partial charge is 0.381 e. The van der Waals surface area contributed by atoms with E-state index in [1.54, 1.807) is 0 Å². The summed E-state index contributed by atoms with van der Waals surface area (Å²) in [5, 5.41) is 3.49. The number of nitrogens with one attached hydrogen (secondary N) is 1. The number of anilines is 1. The minimum atomic E-state index is 0.773. The third kappa shape index (κ3) is 4.31. The van der Waals surface area contributed by atoms with Gasteiger partial charge in [-0.2, -0.15) is 0 Å². The van der Waals surface area contributed by atoms with E-state index in [-0.39, 0.29) is 0 Å². The van der Waals surface area contributed by atoms with Gasteiger partial charge in [0.1, 0.15) is 5.69 Å². The first-order chi connectivity index (χ1) is 11.3. The monoisotopic (exact) mass is 301 g/mol. The van der Waals surface area contributed by atoms with Gasteiger partial charge >= 0.3 is 0 Å². The van der Waals surface area contributed by atoms with Crippen LogP contribution in [-0.2, 0) is 0 Å². The molecule has 23 heavy (non-hydrogen) atoms. The van der Waals surface area contributed by atoms with Gasteiger partial charge in [-0.05, 0) is 34.9 Å². The summed E-state index contributed by atoms with van der Waals surface area (Å²) in [6.45, 7) is 0.773. The van der Waals surface area contributed by atoms with Crippen LogP contribution in [0.2, 0.25) is 0 Å². The van der Waals surface area contributed by atoms with Gasteiger partial charge in [0.2, 0.25) is 0 Å². The van der Waals surface area contributed by atoms with Crippen molar-refractivity contribution >= 4 is 23.0 Å². The zero-order valence-corrected chi connectivity index (χ0v) is 13.1. The fourth-order valence-electron chi connectivity index (χ4n) is 2.46. The predicted octanol–water partition coefficient (Wildman–Crippen LogP) is 4.21. The highest BCUT2D eigenvalue weighted by Crippen LogP contribution is 2.19. The van der Waals surface area contributed by atoms with Crippen molar-refractivity contribution < 1.29 is 5.73 Å². The highest BCUT2D eigenvalue weighted by atomic mass is 14.9. The molecule has 0 unspecified atom stereocenters. The Morgan fingerprint density at radius 1 is 0.783 bits per heavy atom. The van der Waals surface area contributed by atoms with E-state index >= 15 is 0 Å². The van der Waals surface area contributed by atoms with Crippen molar-refractivity contribution in [2.75, 3.05) is 11.9 Å². The van der Waals surface area contributed by atoms with E-state index in [9.17, 15) is 0 Å². The zero-order chi connectivity index (χ0) is 15.9. The molecule has 3 aromatic rings. The van der Waals surface area contributed by atoms with Crippen LogP contribution in [0.3, 0.4) is 0 Å². The molecule has 2 nitrogen and oxygen atoms in total. The number of hydrogen-bond acceptors (Lipinski definition) is 1. The summed E-state index contributed by atoms with van der Waals surface area (Å²) >= 11 is 0.